The molecule has 5 heteroatoms. The smallest absolute Gasteiger partial charge is 0.251 e. The number of carbonyl (C=O) groups excluding carboxylic acids is 1. The van der Waals surface area contributed by atoms with Crippen molar-refractivity contribution in [2.45, 2.75) is 6.42 Å². The molecule has 0 radical (unpaired) electrons. The molecule has 0 spiro atoms. The summed E-state index contributed by atoms with van der Waals surface area (Å²) >= 11 is 6.09. The van der Waals surface area contributed by atoms with Crippen LogP contribution < -0.4 is 5.32 Å². The zero-order chi connectivity index (χ0) is 20.2. The number of hydrogen-bond donors (Lipinski definition) is 2. The highest BCUT2D eigenvalue weighted by molar-refractivity contribution is 6.31. The average Bonchev–Trinajstić information content (AvgIpc) is 3.16. The van der Waals surface area contributed by atoms with E-state index in [-0.39, 0.29) is 5.91 Å². The van der Waals surface area contributed by atoms with Gasteiger partial charge in [0.2, 0.25) is 0 Å². The molecular formula is C24H18ClN3O. The molecule has 1 heterocycles. The topological polar surface area (TPSA) is 68.7 Å². The Bertz CT molecular complexity index is 1200. The van der Waals surface area contributed by atoms with E-state index in [9.17, 15) is 4.79 Å². The Balaban J connectivity index is 1.38. The number of benzene rings is 3. The van der Waals surface area contributed by atoms with Crippen LogP contribution in [-0.4, -0.2) is 17.4 Å². The third-order valence-corrected chi connectivity index (χ3v) is 5.14. The lowest BCUT2D eigenvalue weighted by Gasteiger charge is -2.07. The Hall–Kier alpha value is -3.55. The van der Waals surface area contributed by atoms with E-state index < -0.39 is 0 Å². The summed E-state index contributed by atoms with van der Waals surface area (Å²) in [5, 5.41) is 13.6. The lowest BCUT2D eigenvalue weighted by Crippen LogP contribution is -2.25. The van der Waals surface area contributed by atoms with E-state index >= 15 is 0 Å². The number of aromatic amines is 1. The number of rotatable bonds is 5. The molecule has 0 aliphatic heterocycles. The first-order chi connectivity index (χ1) is 14.1. The van der Waals surface area contributed by atoms with Gasteiger partial charge in [-0.1, -0.05) is 35.9 Å². The van der Waals surface area contributed by atoms with Gasteiger partial charge in [0.25, 0.3) is 5.91 Å². The molecule has 4 aromatic rings. The lowest BCUT2D eigenvalue weighted by atomic mass is 10.0. The number of aromatic nitrogens is 1. The van der Waals surface area contributed by atoms with Crippen molar-refractivity contribution in [1.29, 1.82) is 5.26 Å². The van der Waals surface area contributed by atoms with Crippen LogP contribution in [0.5, 0.6) is 0 Å². The van der Waals surface area contributed by atoms with E-state index in [2.05, 4.69) is 16.4 Å². The van der Waals surface area contributed by atoms with Gasteiger partial charge in [-0.2, -0.15) is 5.26 Å². The SMILES string of the molecule is N#Cc1ccc(-c2ccc(C(=O)NCCc3c[nH]c4ccc(Cl)cc34)cc2)cc1. The molecule has 0 aliphatic carbocycles. The van der Waals surface area contributed by atoms with Crippen LogP contribution in [0.1, 0.15) is 21.5 Å². The number of halogens is 1. The number of amides is 1. The molecule has 1 amide bonds. The molecule has 0 aliphatic rings. The monoisotopic (exact) mass is 399 g/mol. The molecule has 2 N–H and O–H groups in total. The van der Waals surface area contributed by atoms with Crippen molar-refractivity contribution in [3.8, 4) is 17.2 Å². The molecule has 4 nitrogen and oxygen atoms in total. The molecule has 0 saturated carbocycles. The highest BCUT2D eigenvalue weighted by Crippen LogP contribution is 2.23. The van der Waals surface area contributed by atoms with Crippen LogP contribution >= 0.6 is 11.6 Å². The average molecular weight is 400 g/mol. The van der Waals surface area contributed by atoms with Crippen LogP contribution in [0.4, 0.5) is 0 Å². The number of fused-ring (bicyclic) bond motifs is 1. The second-order valence-corrected chi connectivity index (χ2v) is 7.21. The molecule has 0 bridgehead atoms. The Morgan fingerprint density at radius 1 is 1.00 bits per heavy atom. The molecule has 142 valence electrons. The Morgan fingerprint density at radius 3 is 2.38 bits per heavy atom. The standard InChI is InChI=1S/C24H18ClN3O/c25-21-9-10-23-22(13-21)20(15-28-23)11-12-27-24(29)19-7-5-18(6-8-19)17-3-1-16(14-26)2-4-17/h1-10,13,15,28H,11-12H2,(H,27,29). The second kappa shape index (κ2) is 8.22. The number of H-pyrrole nitrogens is 1. The van der Waals surface area contributed by atoms with Crippen LogP contribution in [0.25, 0.3) is 22.0 Å². The van der Waals surface area contributed by atoms with Gasteiger partial charge in [-0.25, -0.2) is 0 Å². The Labute approximate surface area is 173 Å². The minimum Gasteiger partial charge on any atom is -0.361 e. The lowest BCUT2D eigenvalue weighted by molar-refractivity contribution is 0.0954. The first-order valence-electron chi connectivity index (χ1n) is 9.28. The summed E-state index contributed by atoms with van der Waals surface area (Å²) < 4.78 is 0. The van der Waals surface area contributed by atoms with Crippen molar-refractivity contribution in [2.24, 2.45) is 0 Å². The van der Waals surface area contributed by atoms with Gasteiger partial charge in [-0.15, -0.1) is 0 Å². The predicted molar refractivity (Wildman–Crippen MR) is 116 cm³/mol. The Morgan fingerprint density at radius 2 is 1.69 bits per heavy atom. The van der Waals surface area contributed by atoms with Crippen LogP contribution in [0.3, 0.4) is 0 Å². The van der Waals surface area contributed by atoms with E-state index in [1.54, 1.807) is 12.1 Å². The summed E-state index contributed by atoms with van der Waals surface area (Å²) in [6, 6.07) is 22.7. The first kappa shape index (κ1) is 18.8. The van der Waals surface area contributed by atoms with E-state index in [4.69, 9.17) is 16.9 Å². The molecule has 0 saturated heterocycles. The van der Waals surface area contributed by atoms with Gasteiger partial charge < -0.3 is 10.3 Å². The maximum Gasteiger partial charge on any atom is 0.251 e. The van der Waals surface area contributed by atoms with Gasteiger partial charge in [0.05, 0.1) is 11.6 Å². The maximum atomic E-state index is 12.4. The molecule has 1 aromatic heterocycles. The molecule has 0 unspecified atom stereocenters. The van der Waals surface area contributed by atoms with Gasteiger partial charge >= 0.3 is 0 Å². The summed E-state index contributed by atoms with van der Waals surface area (Å²) in [7, 11) is 0. The van der Waals surface area contributed by atoms with E-state index in [0.29, 0.717) is 22.7 Å². The molecule has 29 heavy (non-hydrogen) atoms. The van der Waals surface area contributed by atoms with Crippen molar-refractivity contribution >= 4 is 28.4 Å². The summed E-state index contributed by atoms with van der Waals surface area (Å²) in [6.45, 7) is 0.537. The first-order valence-corrected chi connectivity index (χ1v) is 9.66. The summed E-state index contributed by atoms with van der Waals surface area (Å²) in [5.74, 6) is -0.103. The minimum atomic E-state index is -0.103. The van der Waals surface area contributed by atoms with Crippen molar-refractivity contribution < 1.29 is 4.79 Å². The molecule has 0 fully saturated rings. The number of nitrogens with one attached hydrogen (secondary N) is 2. The largest absolute Gasteiger partial charge is 0.361 e. The zero-order valence-corrected chi connectivity index (χ0v) is 16.3. The highest BCUT2D eigenvalue weighted by atomic mass is 35.5. The fourth-order valence-electron chi connectivity index (χ4n) is 3.32. The van der Waals surface area contributed by atoms with Gasteiger partial charge in [-0.05, 0) is 65.6 Å². The van der Waals surface area contributed by atoms with Crippen LogP contribution in [0, 0.1) is 11.3 Å². The van der Waals surface area contributed by atoms with Crippen molar-refractivity contribution in [3.05, 3.63) is 94.6 Å². The van der Waals surface area contributed by atoms with Gasteiger partial charge in [-0.3, -0.25) is 4.79 Å². The van der Waals surface area contributed by atoms with E-state index in [0.717, 1.165) is 34.0 Å². The normalized spacial score (nSPS) is 10.6. The molecule has 4 rings (SSSR count). The quantitative estimate of drug-likeness (QED) is 0.476. The predicted octanol–water partition coefficient (Wildman–Crippen LogP) is 5.33. The van der Waals surface area contributed by atoms with Crippen LogP contribution in [-0.2, 0) is 6.42 Å². The number of hydrogen-bond acceptors (Lipinski definition) is 2. The molecular weight excluding hydrogens is 382 g/mol. The molecule has 0 atom stereocenters. The molecule has 3 aromatic carbocycles. The van der Waals surface area contributed by atoms with Crippen LogP contribution in [0.15, 0.2) is 72.9 Å². The van der Waals surface area contributed by atoms with Crippen molar-refractivity contribution in [2.75, 3.05) is 6.54 Å². The minimum absolute atomic E-state index is 0.103. The van der Waals surface area contributed by atoms with E-state index in [1.165, 1.54) is 0 Å². The van der Waals surface area contributed by atoms with Crippen molar-refractivity contribution in [1.82, 2.24) is 10.3 Å². The van der Waals surface area contributed by atoms with Crippen LogP contribution in [0.2, 0.25) is 5.02 Å². The summed E-state index contributed by atoms with van der Waals surface area (Å²) in [5.41, 5.74) is 5.41. The zero-order valence-electron chi connectivity index (χ0n) is 15.6. The fraction of sp³-hybridized carbons (Fsp3) is 0.0833. The summed E-state index contributed by atoms with van der Waals surface area (Å²) in [6.07, 6.45) is 2.68. The van der Waals surface area contributed by atoms with Gasteiger partial charge in [0, 0.05) is 34.2 Å². The summed E-state index contributed by atoms with van der Waals surface area (Å²) in [4.78, 5) is 15.7. The number of carbonyl (C=O) groups is 1. The third-order valence-electron chi connectivity index (χ3n) is 4.90. The van der Waals surface area contributed by atoms with Gasteiger partial charge in [0.15, 0.2) is 0 Å². The van der Waals surface area contributed by atoms with E-state index in [1.807, 2.05) is 60.8 Å². The van der Waals surface area contributed by atoms with Crippen molar-refractivity contribution in [3.63, 3.8) is 0 Å². The maximum absolute atomic E-state index is 12.4. The Kier molecular flexibility index (Phi) is 5.33. The number of nitrogens with zero attached hydrogens (tertiary/aromatic N) is 1. The highest BCUT2D eigenvalue weighted by Gasteiger charge is 2.08. The van der Waals surface area contributed by atoms with Gasteiger partial charge in [0.1, 0.15) is 0 Å². The second-order valence-electron chi connectivity index (χ2n) is 6.78. The fourth-order valence-corrected chi connectivity index (χ4v) is 3.49. The number of nitriles is 1. The third kappa shape index (κ3) is 4.16.